The SMILES string of the molecule is CCCC1CCC(C(N)Cc2ccc(F)cc2Cl)CC1. The molecular weight excluding hydrogens is 273 g/mol. The predicted molar refractivity (Wildman–Crippen MR) is 83.4 cm³/mol. The zero-order valence-corrected chi connectivity index (χ0v) is 13.0. The van der Waals surface area contributed by atoms with Crippen molar-refractivity contribution in [2.75, 3.05) is 0 Å². The molecule has 1 aliphatic rings. The summed E-state index contributed by atoms with van der Waals surface area (Å²) in [6, 6.07) is 4.74. The molecule has 1 atom stereocenters. The highest BCUT2D eigenvalue weighted by molar-refractivity contribution is 6.31. The summed E-state index contributed by atoms with van der Waals surface area (Å²) >= 11 is 6.08. The Hall–Kier alpha value is -0.600. The summed E-state index contributed by atoms with van der Waals surface area (Å²) in [6.45, 7) is 2.26. The Kier molecular flexibility index (Phi) is 5.86. The van der Waals surface area contributed by atoms with E-state index >= 15 is 0 Å². The molecular formula is C17H25ClFN. The van der Waals surface area contributed by atoms with Crippen LogP contribution in [0.3, 0.4) is 0 Å². The van der Waals surface area contributed by atoms with Crippen LogP contribution in [0.25, 0.3) is 0 Å². The zero-order valence-electron chi connectivity index (χ0n) is 12.2. The lowest BCUT2D eigenvalue weighted by molar-refractivity contribution is 0.232. The Morgan fingerprint density at radius 1 is 1.30 bits per heavy atom. The topological polar surface area (TPSA) is 26.0 Å². The molecule has 3 heteroatoms. The van der Waals surface area contributed by atoms with Crippen LogP contribution in [0.5, 0.6) is 0 Å². The fourth-order valence-electron chi connectivity index (χ4n) is 3.42. The lowest BCUT2D eigenvalue weighted by Crippen LogP contribution is -2.35. The van der Waals surface area contributed by atoms with E-state index in [4.69, 9.17) is 17.3 Å². The van der Waals surface area contributed by atoms with E-state index in [0.29, 0.717) is 10.9 Å². The molecule has 0 saturated heterocycles. The molecule has 0 amide bonds. The van der Waals surface area contributed by atoms with Crippen LogP contribution < -0.4 is 5.73 Å². The molecule has 1 aromatic rings. The van der Waals surface area contributed by atoms with Gasteiger partial charge in [-0.25, -0.2) is 4.39 Å². The first-order chi connectivity index (χ1) is 9.60. The first kappa shape index (κ1) is 15.8. The normalized spacial score (nSPS) is 24.6. The maximum Gasteiger partial charge on any atom is 0.124 e. The minimum atomic E-state index is -0.285. The molecule has 0 bridgehead atoms. The molecule has 1 saturated carbocycles. The molecule has 0 radical (unpaired) electrons. The lowest BCUT2D eigenvalue weighted by Gasteiger charge is -2.32. The summed E-state index contributed by atoms with van der Waals surface area (Å²) in [6.07, 6.45) is 8.46. The summed E-state index contributed by atoms with van der Waals surface area (Å²) < 4.78 is 13.0. The van der Waals surface area contributed by atoms with Crippen molar-refractivity contribution in [1.29, 1.82) is 0 Å². The van der Waals surface area contributed by atoms with Gasteiger partial charge in [0.1, 0.15) is 5.82 Å². The lowest BCUT2D eigenvalue weighted by atomic mass is 9.76. The van der Waals surface area contributed by atoms with Gasteiger partial charge in [0.25, 0.3) is 0 Å². The number of nitrogens with two attached hydrogens (primary N) is 1. The smallest absolute Gasteiger partial charge is 0.124 e. The molecule has 1 unspecified atom stereocenters. The second-order valence-electron chi connectivity index (χ2n) is 6.17. The highest BCUT2D eigenvalue weighted by atomic mass is 35.5. The van der Waals surface area contributed by atoms with E-state index in [9.17, 15) is 4.39 Å². The van der Waals surface area contributed by atoms with Crippen molar-refractivity contribution in [1.82, 2.24) is 0 Å². The summed E-state index contributed by atoms with van der Waals surface area (Å²) in [5.74, 6) is 1.20. The fraction of sp³-hybridized carbons (Fsp3) is 0.647. The molecule has 0 spiro atoms. The second-order valence-corrected chi connectivity index (χ2v) is 6.58. The van der Waals surface area contributed by atoms with Gasteiger partial charge in [-0.1, -0.05) is 50.3 Å². The zero-order chi connectivity index (χ0) is 14.5. The average molecular weight is 298 g/mol. The minimum Gasteiger partial charge on any atom is -0.327 e. The first-order valence-corrected chi connectivity index (χ1v) is 8.17. The van der Waals surface area contributed by atoms with E-state index in [-0.39, 0.29) is 11.9 Å². The van der Waals surface area contributed by atoms with Crippen molar-refractivity contribution in [2.45, 2.75) is 57.9 Å². The van der Waals surface area contributed by atoms with Crippen LogP contribution in [0.4, 0.5) is 4.39 Å². The maximum absolute atomic E-state index is 13.0. The molecule has 2 N–H and O–H groups in total. The van der Waals surface area contributed by atoms with E-state index in [1.807, 2.05) is 0 Å². The predicted octanol–water partition coefficient (Wildman–Crippen LogP) is 4.96. The van der Waals surface area contributed by atoms with Gasteiger partial charge in [0.2, 0.25) is 0 Å². The largest absolute Gasteiger partial charge is 0.327 e. The van der Waals surface area contributed by atoms with Crippen molar-refractivity contribution in [2.24, 2.45) is 17.6 Å². The summed E-state index contributed by atoms with van der Waals surface area (Å²) in [7, 11) is 0. The van der Waals surface area contributed by atoms with Crippen molar-refractivity contribution in [3.63, 3.8) is 0 Å². The van der Waals surface area contributed by atoms with Crippen LogP contribution >= 0.6 is 11.6 Å². The van der Waals surface area contributed by atoms with E-state index in [0.717, 1.165) is 17.9 Å². The Balaban J connectivity index is 1.87. The number of hydrogen-bond acceptors (Lipinski definition) is 1. The molecule has 0 heterocycles. The van der Waals surface area contributed by atoms with Crippen LogP contribution in [0.15, 0.2) is 18.2 Å². The van der Waals surface area contributed by atoms with Crippen LogP contribution in [0, 0.1) is 17.7 Å². The Morgan fingerprint density at radius 3 is 2.60 bits per heavy atom. The van der Waals surface area contributed by atoms with E-state index in [2.05, 4.69) is 6.92 Å². The molecule has 20 heavy (non-hydrogen) atoms. The molecule has 0 aliphatic heterocycles. The van der Waals surface area contributed by atoms with E-state index in [1.165, 1.54) is 50.7 Å². The third-order valence-electron chi connectivity index (χ3n) is 4.66. The molecule has 1 nitrogen and oxygen atoms in total. The minimum absolute atomic E-state index is 0.139. The first-order valence-electron chi connectivity index (χ1n) is 7.79. The molecule has 1 aromatic carbocycles. The van der Waals surface area contributed by atoms with Gasteiger partial charge < -0.3 is 5.73 Å². The van der Waals surface area contributed by atoms with Crippen molar-refractivity contribution < 1.29 is 4.39 Å². The molecule has 1 aliphatic carbocycles. The van der Waals surface area contributed by atoms with Gasteiger partial charge in [-0.3, -0.25) is 0 Å². The Labute approximate surface area is 126 Å². The Bertz CT molecular complexity index is 427. The molecule has 1 fully saturated rings. The number of hydrogen-bond donors (Lipinski definition) is 1. The standard InChI is InChI=1S/C17H25ClFN/c1-2-3-12-4-6-13(7-5-12)17(20)10-14-8-9-15(19)11-16(14)18/h8-9,11-13,17H,2-7,10,20H2,1H3. The summed E-state index contributed by atoms with van der Waals surface area (Å²) in [5, 5.41) is 0.500. The van der Waals surface area contributed by atoms with Gasteiger partial charge in [0, 0.05) is 11.1 Å². The molecule has 112 valence electrons. The van der Waals surface area contributed by atoms with Gasteiger partial charge in [-0.05, 0) is 48.8 Å². The number of rotatable bonds is 5. The number of benzene rings is 1. The average Bonchev–Trinajstić information content (AvgIpc) is 2.43. The molecule has 2 rings (SSSR count). The highest BCUT2D eigenvalue weighted by Crippen LogP contribution is 2.34. The van der Waals surface area contributed by atoms with Crippen molar-refractivity contribution in [3.8, 4) is 0 Å². The van der Waals surface area contributed by atoms with Crippen LogP contribution in [0.2, 0.25) is 5.02 Å². The van der Waals surface area contributed by atoms with Crippen LogP contribution in [-0.2, 0) is 6.42 Å². The van der Waals surface area contributed by atoms with E-state index < -0.39 is 0 Å². The molecule has 0 aromatic heterocycles. The van der Waals surface area contributed by atoms with Crippen LogP contribution in [0.1, 0.15) is 51.0 Å². The van der Waals surface area contributed by atoms with Gasteiger partial charge in [0.05, 0.1) is 0 Å². The third-order valence-corrected chi connectivity index (χ3v) is 5.02. The summed E-state index contributed by atoms with van der Waals surface area (Å²) in [4.78, 5) is 0. The monoisotopic (exact) mass is 297 g/mol. The van der Waals surface area contributed by atoms with Crippen molar-refractivity contribution in [3.05, 3.63) is 34.6 Å². The van der Waals surface area contributed by atoms with Gasteiger partial charge in [0.15, 0.2) is 0 Å². The maximum atomic E-state index is 13.0. The van der Waals surface area contributed by atoms with E-state index in [1.54, 1.807) is 6.07 Å². The van der Waals surface area contributed by atoms with Crippen molar-refractivity contribution >= 4 is 11.6 Å². The quantitative estimate of drug-likeness (QED) is 0.817. The van der Waals surface area contributed by atoms with Crippen LogP contribution in [-0.4, -0.2) is 6.04 Å². The third kappa shape index (κ3) is 4.20. The summed E-state index contributed by atoms with van der Waals surface area (Å²) in [5.41, 5.74) is 7.32. The fourth-order valence-corrected chi connectivity index (χ4v) is 3.67. The number of halogens is 2. The van der Waals surface area contributed by atoms with Gasteiger partial charge in [-0.15, -0.1) is 0 Å². The van der Waals surface area contributed by atoms with Gasteiger partial charge >= 0.3 is 0 Å². The Morgan fingerprint density at radius 2 is 2.00 bits per heavy atom. The second kappa shape index (κ2) is 7.42. The van der Waals surface area contributed by atoms with Gasteiger partial charge in [-0.2, -0.15) is 0 Å². The highest BCUT2D eigenvalue weighted by Gasteiger charge is 2.25.